The first-order chi connectivity index (χ1) is 10.3. The predicted molar refractivity (Wildman–Crippen MR) is 87.9 cm³/mol. The molecule has 3 heteroatoms. The summed E-state index contributed by atoms with van der Waals surface area (Å²) in [6.45, 7) is 3.50. The number of benzene rings is 2. The zero-order chi connectivity index (χ0) is 14.7. The summed E-state index contributed by atoms with van der Waals surface area (Å²) in [5, 5.41) is 4.31. The van der Waals surface area contributed by atoms with Crippen molar-refractivity contribution in [2.24, 2.45) is 0 Å². The van der Waals surface area contributed by atoms with Crippen molar-refractivity contribution in [3.8, 4) is 16.9 Å². The second kappa shape index (κ2) is 6.50. The van der Waals surface area contributed by atoms with Crippen LogP contribution in [0, 0.1) is 0 Å². The number of para-hydroxylation sites is 1. The van der Waals surface area contributed by atoms with E-state index in [0.29, 0.717) is 12.6 Å². The lowest BCUT2D eigenvalue weighted by atomic mass is 10.0. The molecule has 1 saturated carbocycles. The Morgan fingerprint density at radius 2 is 2.00 bits per heavy atom. The molecule has 1 aliphatic carbocycles. The number of nitrogens with one attached hydrogen (secondary N) is 1. The monoisotopic (exact) mass is 301 g/mol. The summed E-state index contributed by atoms with van der Waals surface area (Å²) < 4.78 is 5.69. The van der Waals surface area contributed by atoms with Crippen molar-refractivity contribution in [1.29, 1.82) is 0 Å². The molecule has 1 N–H and O–H groups in total. The molecule has 0 bridgehead atoms. The molecule has 3 rings (SSSR count). The van der Waals surface area contributed by atoms with Gasteiger partial charge in [-0.3, -0.25) is 0 Å². The van der Waals surface area contributed by atoms with Gasteiger partial charge in [-0.1, -0.05) is 41.9 Å². The molecule has 0 unspecified atom stereocenters. The van der Waals surface area contributed by atoms with Crippen molar-refractivity contribution in [1.82, 2.24) is 5.32 Å². The topological polar surface area (TPSA) is 21.3 Å². The minimum atomic E-state index is 0.661. The summed E-state index contributed by atoms with van der Waals surface area (Å²) in [5.74, 6) is 0.903. The van der Waals surface area contributed by atoms with Crippen LogP contribution in [0.2, 0.25) is 5.02 Å². The molecule has 2 nitrogen and oxygen atoms in total. The zero-order valence-corrected chi connectivity index (χ0v) is 13.0. The molecule has 0 heterocycles. The average molecular weight is 302 g/mol. The van der Waals surface area contributed by atoms with Crippen molar-refractivity contribution < 1.29 is 4.74 Å². The van der Waals surface area contributed by atoms with Crippen molar-refractivity contribution >= 4 is 11.6 Å². The van der Waals surface area contributed by atoms with Gasteiger partial charge in [0.2, 0.25) is 0 Å². The Morgan fingerprint density at radius 1 is 1.19 bits per heavy atom. The first kappa shape index (κ1) is 14.4. The molecule has 110 valence electrons. The van der Waals surface area contributed by atoms with Crippen molar-refractivity contribution in [2.45, 2.75) is 32.4 Å². The van der Waals surface area contributed by atoms with Gasteiger partial charge in [-0.15, -0.1) is 0 Å². The molecule has 21 heavy (non-hydrogen) atoms. The van der Waals surface area contributed by atoms with Crippen molar-refractivity contribution in [2.75, 3.05) is 6.61 Å². The van der Waals surface area contributed by atoms with Gasteiger partial charge < -0.3 is 10.1 Å². The summed E-state index contributed by atoms with van der Waals surface area (Å²) in [7, 11) is 0. The van der Waals surface area contributed by atoms with E-state index < -0.39 is 0 Å². The third-order valence-corrected chi connectivity index (χ3v) is 4.06. The van der Waals surface area contributed by atoms with E-state index in [1.54, 1.807) is 0 Å². The molecule has 0 saturated heterocycles. The summed E-state index contributed by atoms with van der Waals surface area (Å²) >= 11 is 6.43. The Morgan fingerprint density at radius 3 is 2.71 bits per heavy atom. The molecule has 0 aromatic heterocycles. The Kier molecular flexibility index (Phi) is 4.47. The van der Waals surface area contributed by atoms with Crippen molar-refractivity contribution in [3.63, 3.8) is 0 Å². The van der Waals surface area contributed by atoms with Crippen molar-refractivity contribution in [3.05, 3.63) is 53.1 Å². The smallest absolute Gasteiger partial charge is 0.127 e. The lowest BCUT2D eigenvalue weighted by Gasteiger charge is -2.12. The van der Waals surface area contributed by atoms with E-state index in [1.807, 2.05) is 31.2 Å². The van der Waals surface area contributed by atoms with Gasteiger partial charge in [0, 0.05) is 23.2 Å². The molecule has 2 aromatic rings. The fourth-order valence-corrected chi connectivity index (χ4v) is 2.63. The summed E-state index contributed by atoms with van der Waals surface area (Å²) in [4.78, 5) is 0. The second-order valence-corrected chi connectivity index (χ2v) is 5.80. The van der Waals surface area contributed by atoms with E-state index in [9.17, 15) is 0 Å². The highest BCUT2D eigenvalue weighted by molar-refractivity contribution is 6.31. The average Bonchev–Trinajstić information content (AvgIpc) is 3.31. The van der Waals surface area contributed by atoms with E-state index in [0.717, 1.165) is 34.0 Å². The van der Waals surface area contributed by atoms with Gasteiger partial charge >= 0.3 is 0 Å². The van der Waals surface area contributed by atoms with E-state index in [2.05, 4.69) is 23.5 Å². The lowest BCUT2D eigenvalue weighted by molar-refractivity contribution is 0.341. The fourth-order valence-electron chi connectivity index (χ4n) is 2.39. The molecular weight excluding hydrogens is 282 g/mol. The van der Waals surface area contributed by atoms with E-state index in [-0.39, 0.29) is 0 Å². The lowest BCUT2D eigenvalue weighted by Crippen LogP contribution is -2.15. The van der Waals surface area contributed by atoms with Gasteiger partial charge in [0.05, 0.1) is 6.61 Å². The van der Waals surface area contributed by atoms with Crippen LogP contribution in [0.3, 0.4) is 0 Å². The van der Waals surface area contributed by atoms with E-state index in [1.165, 1.54) is 12.8 Å². The van der Waals surface area contributed by atoms with Crippen LogP contribution in [0.15, 0.2) is 42.5 Å². The molecule has 0 atom stereocenters. The quantitative estimate of drug-likeness (QED) is 0.838. The number of rotatable bonds is 6. The normalized spacial score (nSPS) is 14.2. The first-order valence-electron chi connectivity index (χ1n) is 7.52. The molecular formula is C18H20ClNO. The van der Waals surface area contributed by atoms with Gasteiger partial charge in [0.1, 0.15) is 5.75 Å². The van der Waals surface area contributed by atoms with Gasteiger partial charge in [-0.25, -0.2) is 0 Å². The number of hydrogen-bond donors (Lipinski definition) is 1. The fraction of sp³-hybridized carbons (Fsp3) is 0.333. The van der Waals surface area contributed by atoms with E-state index in [4.69, 9.17) is 16.3 Å². The highest BCUT2D eigenvalue weighted by Crippen LogP contribution is 2.32. The summed E-state index contributed by atoms with van der Waals surface area (Å²) in [5.41, 5.74) is 3.34. The Labute approximate surface area is 131 Å². The summed E-state index contributed by atoms with van der Waals surface area (Å²) in [6.07, 6.45) is 2.58. The minimum absolute atomic E-state index is 0.661. The minimum Gasteiger partial charge on any atom is -0.493 e. The Balaban J connectivity index is 1.83. The number of hydrogen-bond acceptors (Lipinski definition) is 2. The zero-order valence-electron chi connectivity index (χ0n) is 12.2. The van der Waals surface area contributed by atoms with E-state index >= 15 is 0 Å². The maximum absolute atomic E-state index is 6.43. The van der Waals surface area contributed by atoms with Gasteiger partial charge in [-0.05, 0) is 43.0 Å². The van der Waals surface area contributed by atoms with Crippen LogP contribution >= 0.6 is 11.6 Å². The third kappa shape index (κ3) is 3.58. The first-order valence-corrected chi connectivity index (χ1v) is 7.89. The highest BCUT2D eigenvalue weighted by atomic mass is 35.5. The third-order valence-electron chi connectivity index (χ3n) is 3.71. The number of halogens is 1. The van der Waals surface area contributed by atoms with Gasteiger partial charge in [0.15, 0.2) is 0 Å². The van der Waals surface area contributed by atoms with Crippen LogP contribution in [0.5, 0.6) is 5.75 Å². The largest absolute Gasteiger partial charge is 0.493 e. The summed E-state index contributed by atoms with van der Waals surface area (Å²) in [6, 6.07) is 15.0. The molecule has 0 amide bonds. The van der Waals surface area contributed by atoms with Crippen LogP contribution in [0.4, 0.5) is 0 Å². The molecule has 0 aliphatic heterocycles. The second-order valence-electron chi connectivity index (χ2n) is 5.39. The molecule has 2 aromatic carbocycles. The highest BCUT2D eigenvalue weighted by Gasteiger charge is 2.20. The standard InChI is InChI=1S/C18H20ClNO/c1-2-21-18-6-4-3-5-16(18)13-7-8-14(17(19)11-13)12-20-15-9-10-15/h3-8,11,15,20H,2,9-10,12H2,1H3. The molecule has 0 radical (unpaired) electrons. The van der Waals surface area contributed by atoms with Crippen LogP contribution in [-0.4, -0.2) is 12.6 Å². The van der Waals surface area contributed by atoms with Crippen LogP contribution in [0.1, 0.15) is 25.3 Å². The van der Waals surface area contributed by atoms with Gasteiger partial charge in [-0.2, -0.15) is 0 Å². The van der Waals surface area contributed by atoms with Crippen LogP contribution in [-0.2, 0) is 6.54 Å². The maximum Gasteiger partial charge on any atom is 0.127 e. The maximum atomic E-state index is 6.43. The SMILES string of the molecule is CCOc1ccccc1-c1ccc(CNC2CC2)c(Cl)c1. The number of ether oxygens (including phenoxy) is 1. The van der Waals surface area contributed by atoms with Gasteiger partial charge in [0.25, 0.3) is 0 Å². The predicted octanol–water partition coefficient (Wildman–Crippen LogP) is 4.66. The Bertz CT molecular complexity index is 622. The van der Waals surface area contributed by atoms with Crippen LogP contribution < -0.4 is 10.1 Å². The Hall–Kier alpha value is -1.51. The molecule has 1 aliphatic rings. The molecule has 0 spiro atoms. The molecule has 1 fully saturated rings. The van der Waals surface area contributed by atoms with Crippen LogP contribution in [0.25, 0.3) is 11.1 Å².